The Morgan fingerprint density at radius 2 is 1.37 bits per heavy atom. The van der Waals surface area contributed by atoms with E-state index in [-0.39, 0.29) is 12.0 Å². The normalized spacial score (nSPS) is 13.4. The summed E-state index contributed by atoms with van der Waals surface area (Å²) in [6, 6.07) is -0.0997. The van der Waals surface area contributed by atoms with Crippen LogP contribution in [0.4, 0.5) is 0 Å². The maximum atomic E-state index is 12.2. The minimum Gasteiger partial charge on any atom is -0.465 e. The molecule has 0 amide bonds. The predicted molar refractivity (Wildman–Crippen MR) is 118 cm³/mol. The Morgan fingerprint density at radius 3 is 1.89 bits per heavy atom. The van der Waals surface area contributed by atoms with E-state index in [9.17, 15) is 4.79 Å². The lowest BCUT2D eigenvalue weighted by molar-refractivity contribution is -0.149. The van der Waals surface area contributed by atoms with Crippen molar-refractivity contribution in [3.8, 4) is 0 Å². The standard InChI is InChI=1S/C24H43NO2/c1-5-9-10-11-12-13-14-15-16-17-18-19-20-21-22-23(24(26)27-8-4)25(6-2)7-3/h12-13,15-16,18-19,23H,5-11,14,17,20-22H2,1-4H3/b13-12-,16-15-,19-18-. The van der Waals surface area contributed by atoms with E-state index >= 15 is 0 Å². The molecule has 0 aliphatic carbocycles. The molecule has 0 bridgehead atoms. The minimum absolute atomic E-state index is 0.0733. The number of carbonyl (C=O) groups excluding carboxylic acids is 1. The molecular weight excluding hydrogens is 334 g/mol. The van der Waals surface area contributed by atoms with E-state index in [1.807, 2.05) is 6.92 Å². The molecule has 3 nitrogen and oxygen atoms in total. The molecular formula is C24H43NO2. The van der Waals surface area contributed by atoms with E-state index in [4.69, 9.17) is 4.74 Å². The zero-order valence-corrected chi connectivity index (χ0v) is 18.3. The highest BCUT2D eigenvalue weighted by atomic mass is 16.5. The summed E-state index contributed by atoms with van der Waals surface area (Å²) in [5, 5.41) is 0. The first-order valence-electron chi connectivity index (χ1n) is 11.1. The van der Waals surface area contributed by atoms with Gasteiger partial charge in [-0.2, -0.15) is 0 Å². The number of rotatable bonds is 17. The molecule has 0 N–H and O–H groups in total. The van der Waals surface area contributed by atoms with Gasteiger partial charge in [0.05, 0.1) is 6.61 Å². The molecule has 0 saturated carbocycles. The summed E-state index contributed by atoms with van der Waals surface area (Å²) >= 11 is 0. The lowest BCUT2D eigenvalue weighted by Gasteiger charge is -2.27. The lowest BCUT2D eigenvalue weighted by atomic mass is 10.1. The maximum absolute atomic E-state index is 12.2. The number of allylic oxidation sites excluding steroid dienone is 6. The Bertz CT molecular complexity index is 422. The quantitative estimate of drug-likeness (QED) is 0.165. The fourth-order valence-corrected chi connectivity index (χ4v) is 3.07. The molecule has 0 radical (unpaired) electrons. The molecule has 3 heteroatoms. The van der Waals surface area contributed by atoms with Gasteiger partial charge in [-0.1, -0.05) is 70.1 Å². The SMILES string of the molecule is CCCCC/C=C\C/C=C\C/C=C\CCCC(C(=O)OCC)N(CC)CC. The number of ether oxygens (including phenoxy) is 1. The summed E-state index contributed by atoms with van der Waals surface area (Å²) in [6.45, 7) is 10.5. The fourth-order valence-electron chi connectivity index (χ4n) is 3.07. The van der Waals surface area contributed by atoms with Crippen molar-refractivity contribution in [2.24, 2.45) is 0 Å². The van der Waals surface area contributed by atoms with Crippen LogP contribution in [0.2, 0.25) is 0 Å². The summed E-state index contributed by atoms with van der Waals surface area (Å²) in [6.07, 6.45) is 23.5. The number of carbonyl (C=O) groups is 1. The highest BCUT2D eigenvalue weighted by molar-refractivity contribution is 5.75. The van der Waals surface area contributed by atoms with Crippen LogP contribution in [-0.4, -0.2) is 36.6 Å². The van der Waals surface area contributed by atoms with Crippen molar-refractivity contribution in [1.29, 1.82) is 0 Å². The number of likely N-dealkylation sites (N-methyl/N-ethyl adjacent to an activating group) is 1. The van der Waals surface area contributed by atoms with E-state index < -0.39 is 0 Å². The Balaban J connectivity index is 3.95. The van der Waals surface area contributed by atoms with Gasteiger partial charge >= 0.3 is 5.97 Å². The summed E-state index contributed by atoms with van der Waals surface area (Å²) in [5.41, 5.74) is 0. The lowest BCUT2D eigenvalue weighted by Crippen LogP contribution is -2.42. The second-order valence-corrected chi connectivity index (χ2v) is 6.80. The second kappa shape index (κ2) is 19.4. The third-order valence-electron chi connectivity index (χ3n) is 4.68. The van der Waals surface area contributed by atoms with Crippen LogP contribution in [0.15, 0.2) is 36.5 Å². The van der Waals surface area contributed by atoms with Crippen LogP contribution in [0.25, 0.3) is 0 Å². The van der Waals surface area contributed by atoms with Crippen LogP contribution < -0.4 is 0 Å². The zero-order valence-electron chi connectivity index (χ0n) is 18.3. The number of nitrogens with zero attached hydrogens (tertiary/aromatic N) is 1. The predicted octanol–water partition coefficient (Wildman–Crippen LogP) is 6.46. The van der Waals surface area contributed by atoms with Gasteiger partial charge in [-0.3, -0.25) is 9.69 Å². The first-order valence-corrected chi connectivity index (χ1v) is 11.1. The van der Waals surface area contributed by atoms with E-state index in [2.05, 4.69) is 62.1 Å². The van der Waals surface area contributed by atoms with Crippen molar-refractivity contribution < 1.29 is 9.53 Å². The van der Waals surface area contributed by atoms with Crippen molar-refractivity contribution in [1.82, 2.24) is 4.90 Å². The summed E-state index contributed by atoms with van der Waals surface area (Å²) < 4.78 is 5.24. The molecule has 0 fully saturated rings. The van der Waals surface area contributed by atoms with E-state index in [0.717, 1.165) is 45.2 Å². The molecule has 0 aliphatic heterocycles. The van der Waals surface area contributed by atoms with Crippen LogP contribution in [0, 0.1) is 0 Å². The van der Waals surface area contributed by atoms with Gasteiger partial charge in [0, 0.05) is 0 Å². The molecule has 0 aromatic carbocycles. The van der Waals surface area contributed by atoms with Gasteiger partial charge < -0.3 is 4.74 Å². The Kier molecular flexibility index (Phi) is 18.4. The Labute approximate surface area is 168 Å². The van der Waals surface area contributed by atoms with Crippen molar-refractivity contribution in [3.05, 3.63) is 36.5 Å². The van der Waals surface area contributed by atoms with E-state index in [1.165, 1.54) is 25.7 Å². The first kappa shape index (κ1) is 25.6. The maximum Gasteiger partial charge on any atom is 0.323 e. The summed E-state index contributed by atoms with van der Waals surface area (Å²) in [5.74, 6) is -0.0733. The van der Waals surface area contributed by atoms with Gasteiger partial charge in [0.1, 0.15) is 6.04 Å². The molecule has 0 rings (SSSR count). The van der Waals surface area contributed by atoms with Crippen LogP contribution in [-0.2, 0) is 9.53 Å². The van der Waals surface area contributed by atoms with Gasteiger partial charge in [0.15, 0.2) is 0 Å². The van der Waals surface area contributed by atoms with E-state index in [0.29, 0.717) is 6.61 Å². The highest BCUT2D eigenvalue weighted by Gasteiger charge is 2.24. The molecule has 156 valence electrons. The monoisotopic (exact) mass is 377 g/mol. The zero-order chi connectivity index (χ0) is 20.2. The molecule has 0 saturated heterocycles. The number of unbranched alkanes of at least 4 members (excludes halogenated alkanes) is 4. The smallest absolute Gasteiger partial charge is 0.323 e. The molecule has 0 spiro atoms. The first-order chi connectivity index (χ1) is 13.2. The van der Waals surface area contributed by atoms with Crippen molar-refractivity contribution in [2.75, 3.05) is 19.7 Å². The molecule has 27 heavy (non-hydrogen) atoms. The van der Waals surface area contributed by atoms with Crippen LogP contribution >= 0.6 is 0 Å². The highest BCUT2D eigenvalue weighted by Crippen LogP contribution is 2.11. The number of esters is 1. The Morgan fingerprint density at radius 1 is 0.815 bits per heavy atom. The molecule has 0 aromatic rings. The van der Waals surface area contributed by atoms with Gasteiger partial charge in [0.25, 0.3) is 0 Å². The average Bonchev–Trinajstić information content (AvgIpc) is 2.67. The molecule has 1 atom stereocenters. The van der Waals surface area contributed by atoms with Gasteiger partial charge in [-0.25, -0.2) is 0 Å². The van der Waals surface area contributed by atoms with Gasteiger partial charge in [-0.05, 0) is 65.0 Å². The molecule has 0 aromatic heterocycles. The molecule has 0 heterocycles. The average molecular weight is 378 g/mol. The number of hydrogen-bond donors (Lipinski definition) is 0. The Hall–Kier alpha value is -1.35. The van der Waals surface area contributed by atoms with Crippen molar-refractivity contribution in [2.45, 2.75) is 91.5 Å². The molecule has 1 unspecified atom stereocenters. The van der Waals surface area contributed by atoms with Gasteiger partial charge in [-0.15, -0.1) is 0 Å². The third-order valence-corrected chi connectivity index (χ3v) is 4.68. The fraction of sp³-hybridized carbons (Fsp3) is 0.708. The summed E-state index contributed by atoms with van der Waals surface area (Å²) in [7, 11) is 0. The summed E-state index contributed by atoms with van der Waals surface area (Å²) in [4.78, 5) is 14.4. The second-order valence-electron chi connectivity index (χ2n) is 6.80. The molecule has 0 aliphatic rings. The van der Waals surface area contributed by atoms with Crippen LogP contribution in [0.5, 0.6) is 0 Å². The third kappa shape index (κ3) is 14.4. The van der Waals surface area contributed by atoms with Gasteiger partial charge in [0.2, 0.25) is 0 Å². The van der Waals surface area contributed by atoms with Crippen molar-refractivity contribution >= 4 is 5.97 Å². The van der Waals surface area contributed by atoms with Crippen molar-refractivity contribution in [3.63, 3.8) is 0 Å². The van der Waals surface area contributed by atoms with Crippen LogP contribution in [0.1, 0.15) is 85.5 Å². The topological polar surface area (TPSA) is 29.5 Å². The number of hydrogen-bond acceptors (Lipinski definition) is 3. The largest absolute Gasteiger partial charge is 0.465 e. The van der Waals surface area contributed by atoms with E-state index in [1.54, 1.807) is 0 Å². The van der Waals surface area contributed by atoms with Crippen LogP contribution in [0.3, 0.4) is 0 Å². The minimum atomic E-state index is -0.0997.